The second kappa shape index (κ2) is 4.70. The minimum absolute atomic E-state index is 0.231. The van der Waals surface area contributed by atoms with Crippen molar-refractivity contribution >= 4 is 5.71 Å². The Hall–Kier alpha value is -1.44. The van der Waals surface area contributed by atoms with Gasteiger partial charge in [-0.05, 0) is 32.1 Å². The van der Waals surface area contributed by atoms with Crippen LogP contribution in [0.2, 0.25) is 0 Å². The van der Waals surface area contributed by atoms with E-state index in [4.69, 9.17) is 0 Å². The summed E-state index contributed by atoms with van der Waals surface area (Å²) in [5.74, 6) is -0.231. The van der Waals surface area contributed by atoms with Crippen molar-refractivity contribution < 1.29 is 4.39 Å². The van der Waals surface area contributed by atoms with E-state index in [9.17, 15) is 4.39 Å². The standard InChI is InChI=1S/C12H14FN/c1-9(2)7-12(14-3)10-5-4-6-11(13)8-10/h4-8H,1-3H3. The van der Waals surface area contributed by atoms with Gasteiger partial charge in [0.1, 0.15) is 5.82 Å². The number of rotatable bonds is 2. The van der Waals surface area contributed by atoms with E-state index in [0.717, 1.165) is 16.8 Å². The van der Waals surface area contributed by atoms with Gasteiger partial charge in [-0.25, -0.2) is 4.39 Å². The average molecular weight is 191 g/mol. The van der Waals surface area contributed by atoms with Gasteiger partial charge in [-0.15, -0.1) is 0 Å². The smallest absolute Gasteiger partial charge is 0.123 e. The van der Waals surface area contributed by atoms with Crippen molar-refractivity contribution in [2.75, 3.05) is 7.05 Å². The summed E-state index contributed by atoms with van der Waals surface area (Å²) in [6, 6.07) is 6.46. The Morgan fingerprint density at radius 2 is 2.07 bits per heavy atom. The lowest BCUT2D eigenvalue weighted by molar-refractivity contribution is 0.627. The van der Waals surface area contributed by atoms with E-state index in [2.05, 4.69) is 4.99 Å². The number of halogens is 1. The van der Waals surface area contributed by atoms with Gasteiger partial charge in [0.15, 0.2) is 0 Å². The Morgan fingerprint density at radius 3 is 2.57 bits per heavy atom. The molecule has 0 saturated heterocycles. The molecule has 0 spiro atoms. The molecule has 1 aromatic rings. The van der Waals surface area contributed by atoms with E-state index in [1.54, 1.807) is 13.1 Å². The lowest BCUT2D eigenvalue weighted by Crippen LogP contribution is -1.97. The van der Waals surface area contributed by atoms with E-state index < -0.39 is 0 Å². The highest BCUT2D eigenvalue weighted by Gasteiger charge is 2.00. The largest absolute Gasteiger partial charge is 0.288 e. The van der Waals surface area contributed by atoms with Crippen LogP contribution in [0.25, 0.3) is 0 Å². The van der Waals surface area contributed by atoms with Crippen molar-refractivity contribution in [2.45, 2.75) is 13.8 Å². The molecule has 0 aromatic heterocycles. The van der Waals surface area contributed by atoms with Gasteiger partial charge in [0.25, 0.3) is 0 Å². The zero-order chi connectivity index (χ0) is 10.6. The Morgan fingerprint density at radius 1 is 1.36 bits per heavy atom. The minimum Gasteiger partial charge on any atom is -0.288 e. The van der Waals surface area contributed by atoms with Gasteiger partial charge in [0.05, 0.1) is 5.71 Å². The third-order valence-electron chi connectivity index (χ3n) is 1.79. The first-order chi connectivity index (χ1) is 6.63. The predicted octanol–water partition coefficient (Wildman–Crippen LogP) is 3.21. The molecule has 0 fully saturated rings. The van der Waals surface area contributed by atoms with E-state index in [1.807, 2.05) is 26.0 Å². The molecule has 0 saturated carbocycles. The number of allylic oxidation sites excluding steroid dienone is 2. The second-order valence-electron chi connectivity index (χ2n) is 3.34. The van der Waals surface area contributed by atoms with Crippen LogP contribution in [0.15, 0.2) is 40.9 Å². The maximum absolute atomic E-state index is 12.9. The summed E-state index contributed by atoms with van der Waals surface area (Å²) >= 11 is 0. The Balaban J connectivity index is 3.09. The first-order valence-electron chi connectivity index (χ1n) is 4.51. The number of hydrogen-bond donors (Lipinski definition) is 0. The summed E-state index contributed by atoms with van der Waals surface area (Å²) in [6.45, 7) is 3.98. The van der Waals surface area contributed by atoms with Crippen LogP contribution in [-0.2, 0) is 0 Å². The molecule has 0 bridgehead atoms. The first-order valence-corrected chi connectivity index (χ1v) is 4.51. The third-order valence-corrected chi connectivity index (χ3v) is 1.79. The summed E-state index contributed by atoms with van der Waals surface area (Å²) in [6.07, 6.45) is 1.94. The molecule has 0 N–H and O–H groups in total. The Bertz CT molecular complexity index is 374. The highest BCUT2D eigenvalue weighted by Crippen LogP contribution is 2.07. The van der Waals surface area contributed by atoms with Crippen molar-refractivity contribution in [1.82, 2.24) is 0 Å². The van der Waals surface area contributed by atoms with Gasteiger partial charge in [0.2, 0.25) is 0 Å². The molecule has 14 heavy (non-hydrogen) atoms. The SMILES string of the molecule is CN=C(C=C(C)C)c1cccc(F)c1. The average Bonchev–Trinajstić information content (AvgIpc) is 2.14. The van der Waals surface area contributed by atoms with Crippen LogP contribution in [-0.4, -0.2) is 12.8 Å². The van der Waals surface area contributed by atoms with Gasteiger partial charge in [0, 0.05) is 12.6 Å². The third kappa shape index (κ3) is 2.80. The highest BCUT2D eigenvalue weighted by molar-refractivity contribution is 6.08. The monoisotopic (exact) mass is 191 g/mol. The van der Waals surface area contributed by atoms with E-state index in [0.29, 0.717) is 0 Å². The summed E-state index contributed by atoms with van der Waals surface area (Å²) < 4.78 is 12.9. The molecule has 0 atom stereocenters. The fraction of sp³-hybridized carbons (Fsp3) is 0.250. The lowest BCUT2D eigenvalue weighted by Gasteiger charge is -2.01. The summed E-state index contributed by atoms with van der Waals surface area (Å²) in [5.41, 5.74) is 2.77. The van der Waals surface area contributed by atoms with Gasteiger partial charge in [-0.1, -0.05) is 17.7 Å². The molecular weight excluding hydrogens is 177 g/mol. The molecule has 0 amide bonds. The summed E-state index contributed by atoms with van der Waals surface area (Å²) in [5, 5.41) is 0. The van der Waals surface area contributed by atoms with Gasteiger partial charge >= 0.3 is 0 Å². The summed E-state index contributed by atoms with van der Waals surface area (Å²) in [7, 11) is 1.71. The molecule has 74 valence electrons. The van der Waals surface area contributed by atoms with Crippen molar-refractivity contribution in [3.8, 4) is 0 Å². The van der Waals surface area contributed by atoms with Crippen LogP contribution in [0.3, 0.4) is 0 Å². The predicted molar refractivity (Wildman–Crippen MR) is 58.3 cm³/mol. The van der Waals surface area contributed by atoms with Crippen LogP contribution in [0, 0.1) is 5.82 Å². The molecule has 1 nitrogen and oxygen atoms in total. The van der Waals surface area contributed by atoms with Crippen LogP contribution >= 0.6 is 0 Å². The maximum Gasteiger partial charge on any atom is 0.123 e. The first kappa shape index (κ1) is 10.6. The summed E-state index contributed by atoms with van der Waals surface area (Å²) in [4.78, 5) is 4.11. The fourth-order valence-corrected chi connectivity index (χ4v) is 1.20. The normalized spacial score (nSPS) is 11.3. The highest BCUT2D eigenvalue weighted by atomic mass is 19.1. The van der Waals surface area contributed by atoms with Crippen molar-refractivity contribution in [2.24, 2.45) is 4.99 Å². The van der Waals surface area contributed by atoms with Crippen LogP contribution < -0.4 is 0 Å². The molecule has 2 heteroatoms. The minimum atomic E-state index is -0.231. The van der Waals surface area contributed by atoms with E-state index in [1.165, 1.54) is 12.1 Å². The van der Waals surface area contributed by atoms with Crippen LogP contribution in [0.1, 0.15) is 19.4 Å². The second-order valence-corrected chi connectivity index (χ2v) is 3.34. The molecule has 0 radical (unpaired) electrons. The van der Waals surface area contributed by atoms with E-state index >= 15 is 0 Å². The van der Waals surface area contributed by atoms with Crippen LogP contribution in [0.4, 0.5) is 4.39 Å². The molecule has 1 rings (SSSR count). The van der Waals surface area contributed by atoms with Gasteiger partial charge in [-0.3, -0.25) is 4.99 Å². The molecule has 0 heterocycles. The van der Waals surface area contributed by atoms with Crippen molar-refractivity contribution in [3.63, 3.8) is 0 Å². The van der Waals surface area contributed by atoms with Crippen molar-refractivity contribution in [1.29, 1.82) is 0 Å². The molecule has 0 aliphatic carbocycles. The van der Waals surface area contributed by atoms with Gasteiger partial charge < -0.3 is 0 Å². The molecular formula is C12H14FN. The molecule has 1 aromatic carbocycles. The number of benzene rings is 1. The fourth-order valence-electron chi connectivity index (χ4n) is 1.20. The maximum atomic E-state index is 12.9. The zero-order valence-electron chi connectivity index (χ0n) is 8.71. The number of aliphatic imine (C=N–C) groups is 1. The molecule has 0 aliphatic heterocycles. The molecule has 0 unspecified atom stereocenters. The quantitative estimate of drug-likeness (QED) is 0.636. The van der Waals surface area contributed by atoms with Gasteiger partial charge in [-0.2, -0.15) is 0 Å². The zero-order valence-corrected chi connectivity index (χ0v) is 8.71. The Kier molecular flexibility index (Phi) is 3.57. The van der Waals surface area contributed by atoms with E-state index in [-0.39, 0.29) is 5.82 Å². The molecule has 0 aliphatic rings. The van der Waals surface area contributed by atoms with Crippen LogP contribution in [0.5, 0.6) is 0 Å². The lowest BCUT2D eigenvalue weighted by atomic mass is 10.1. The number of nitrogens with zero attached hydrogens (tertiary/aromatic N) is 1. The van der Waals surface area contributed by atoms with Crippen molar-refractivity contribution in [3.05, 3.63) is 47.3 Å². The topological polar surface area (TPSA) is 12.4 Å². The number of hydrogen-bond acceptors (Lipinski definition) is 1. The Labute approximate surface area is 84.0 Å².